The van der Waals surface area contributed by atoms with Gasteiger partial charge < -0.3 is 4.90 Å². The lowest BCUT2D eigenvalue weighted by Crippen LogP contribution is -3.09. The van der Waals surface area contributed by atoms with Crippen molar-refractivity contribution in [1.82, 2.24) is 0 Å². The van der Waals surface area contributed by atoms with Crippen LogP contribution in [0, 0.1) is 0 Å². The van der Waals surface area contributed by atoms with Crippen molar-refractivity contribution in [2.75, 3.05) is 18.6 Å². The van der Waals surface area contributed by atoms with Crippen LogP contribution in [0.1, 0.15) is 15.2 Å². The highest BCUT2D eigenvalue weighted by Crippen LogP contribution is 2.30. The molecule has 0 saturated heterocycles. The predicted octanol–water partition coefficient (Wildman–Crippen LogP) is 2.26. The molecule has 1 aliphatic rings. The molecule has 22 heavy (non-hydrogen) atoms. The average Bonchev–Trinajstić information content (AvgIpc) is 2.96. The van der Waals surface area contributed by atoms with Gasteiger partial charge in [-0.25, -0.2) is 0 Å². The highest BCUT2D eigenvalue weighted by molar-refractivity contribution is 7.16. The number of halogens is 2. The van der Waals surface area contributed by atoms with Crippen molar-refractivity contribution in [3.63, 3.8) is 0 Å². The number of carbonyl (C=O) groups excluding carboxylic acids is 2. The third kappa shape index (κ3) is 2.90. The van der Waals surface area contributed by atoms with Crippen LogP contribution in [0.25, 0.3) is 0 Å². The molecule has 3 rings (SSSR count). The first-order chi connectivity index (χ1) is 10.5. The number of anilines is 1. The molecule has 4 nitrogen and oxygen atoms in total. The summed E-state index contributed by atoms with van der Waals surface area (Å²) in [6.07, 6.45) is 0. The summed E-state index contributed by atoms with van der Waals surface area (Å²) in [6.45, 7) is 1.15. The molecule has 1 aromatic heterocycles. The number of fused-ring (bicyclic) bond motifs is 1. The number of nitrogens with zero attached hydrogens (tertiary/aromatic N) is 1. The lowest BCUT2D eigenvalue weighted by molar-refractivity contribution is -0.892. The van der Waals surface area contributed by atoms with Gasteiger partial charge in [-0.3, -0.25) is 14.5 Å². The molecule has 1 aliphatic heterocycles. The van der Waals surface area contributed by atoms with Crippen molar-refractivity contribution in [1.29, 1.82) is 0 Å². The van der Waals surface area contributed by atoms with E-state index in [2.05, 4.69) is 0 Å². The quantitative estimate of drug-likeness (QED) is 0.854. The first-order valence-electron chi connectivity index (χ1n) is 6.67. The number of rotatable bonds is 4. The van der Waals surface area contributed by atoms with Gasteiger partial charge in [-0.15, -0.1) is 11.3 Å². The molecule has 0 spiro atoms. The van der Waals surface area contributed by atoms with Gasteiger partial charge in [0.15, 0.2) is 6.67 Å². The monoisotopic (exact) mass is 355 g/mol. The summed E-state index contributed by atoms with van der Waals surface area (Å²) in [5, 5.41) is 0.454. The first-order valence-corrected chi connectivity index (χ1v) is 8.24. The first kappa shape index (κ1) is 15.5. The van der Waals surface area contributed by atoms with Gasteiger partial charge in [0, 0.05) is 5.02 Å². The van der Waals surface area contributed by atoms with Crippen molar-refractivity contribution in [3.8, 4) is 0 Å². The maximum Gasteiger partial charge on any atom is 0.303 e. The van der Waals surface area contributed by atoms with E-state index in [0.717, 1.165) is 20.7 Å². The van der Waals surface area contributed by atoms with Crippen molar-refractivity contribution < 1.29 is 14.5 Å². The van der Waals surface area contributed by atoms with Crippen LogP contribution in [-0.4, -0.2) is 25.4 Å². The zero-order valence-electron chi connectivity index (χ0n) is 11.7. The fraction of sp³-hybridized carbons (Fsp3) is 0.200. The molecule has 1 aromatic carbocycles. The van der Waals surface area contributed by atoms with Crippen molar-refractivity contribution in [3.05, 3.63) is 50.1 Å². The summed E-state index contributed by atoms with van der Waals surface area (Å²) in [5.41, 5.74) is 1.01. The maximum atomic E-state index is 12.2. The van der Waals surface area contributed by atoms with E-state index in [9.17, 15) is 9.59 Å². The zero-order valence-corrected chi connectivity index (χ0v) is 14.1. The van der Waals surface area contributed by atoms with Gasteiger partial charge in [-0.2, -0.15) is 0 Å². The number of benzene rings is 1. The van der Waals surface area contributed by atoms with Gasteiger partial charge in [0.2, 0.25) is 0 Å². The van der Waals surface area contributed by atoms with E-state index in [0.29, 0.717) is 22.9 Å². The molecule has 114 valence electrons. The number of hydrogen-bond donors (Lipinski definition) is 1. The van der Waals surface area contributed by atoms with Gasteiger partial charge in [0.1, 0.15) is 6.54 Å². The van der Waals surface area contributed by atoms with Gasteiger partial charge >= 0.3 is 5.91 Å². The van der Waals surface area contributed by atoms with Gasteiger partial charge in [-0.1, -0.05) is 23.2 Å². The Morgan fingerprint density at radius 2 is 1.95 bits per heavy atom. The van der Waals surface area contributed by atoms with E-state index in [1.165, 1.54) is 16.2 Å². The van der Waals surface area contributed by atoms with Crippen molar-refractivity contribution in [2.45, 2.75) is 6.54 Å². The van der Waals surface area contributed by atoms with Gasteiger partial charge in [0.25, 0.3) is 5.78 Å². The Bertz CT molecular complexity index is 760. The highest BCUT2D eigenvalue weighted by atomic mass is 35.5. The smallest absolute Gasteiger partial charge is 0.303 e. The maximum absolute atomic E-state index is 12.2. The topological polar surface area (TPSA) is 41.8 Å². The molecule has 2 heterocycles. The normalized spacial score (nSPS) is 15.3. The minimum Gasteiger partial charge on any atom is -0.315 e. The second-order valence-corrected chi connectivity index (χ2v) is 7.46. The summed E-state index contributed by atoms with van der Waals surface area (Å²) in [5.74, 6) is -0.995. The lowest BCUT2D eigenvalue weighted by Gasteiger charge is -2.21. The molecule has 0 fully saturated rings. The third-order valence-electron chi connectivity index (χ3n) is 3.47. The third-order valence-corrected chi connectivity index (χ3v) is 4.93. The Kier molecular flexibility index (Phi) is 4.23. The number of thiophene rings is 1. The number of carbonyl (C=O) groups is 2. The molecule has 0 bridgehead atoms. The lowest BCUT2D eigenvalue weighted by atomic mass is 10.1. The number of amides is 1. The summed E-state index contributed by atoms with van der Waals surface area (Å²) >= 11 is 13.3. The molecule has 0 aliphatic carbocycles. The molecule has 1 amide bonds. The number of hydrogen-bond acceptors (Lipinski definition) is 3. The Balaban J connectivity index is 1.78. The van der Waals surface area contributed by atoms with E-state index in [1.54, 1.807) is 18.2 Å². The minimum atomic E-state index is -0.499. The highest BCUT2D eigenvalue weighted by Gasteiger charge is 2.37. The summed E-state index contributed by atoms with van der Waals surface area (Å²) in [4.78, 5) is 27.9. The Hall–Kier alpha value is -1.40. The van der Waals surface area contributed by atoms with Crippen LogP contribution in [0.4, 0.5) is 5.69 Å². The second kappa shape index (κ2) is 6.01. The van der Waals surface area contributed by atoms with Crippen LogP contribution < -0.4 is 9.80 Å². The largest absolute Gasteiger partial charge is 0.315 e. The SMILES string of the molecule is C[NH+](Cc1ccc(Cl)s1)CN1C(=O)C(=O)c2cc(Cl)ccc21. The fourth-order valence-corrected chi connectivity index (χ4v) is 3.87. The van der Waals surface area contributed by atoms with Gasteiger partial charge in [0.05, 0.1) is 27.5 Å². The average molecular weight is 356 g/mol. The van der Waals surface area contributed by atoms with Crippen molar-refractivity contribution in [2.24, 2.45) is 0 Å². The van der Waals surface area contributed by atoms with Crippen LogP contribution in [0.5, 0.6) is 0 Å². The van der Waals surface area contributed by atoms with Crippen LogP contribution in [0.15, 0.2) is 30.3 Å². The number of Topliss-reactive ketones (excluding diaryl/α,β-unsaturated/α-hetero) is 1. The molecule has 0 saturated carbocycles. The molecule has 1 N–H and O–H groups in total. The molecule has 7 heteroatoms. The molecular weight excluding hydrogens is 343 g/mol. The number of nitrogens with one attached hydrogen (secondary N) is 1. The standard InChI is InChI=1S/C15H12Cl2N2O2S/c1-18(7-10-3-5-13(17)22-10)8-19-12-4-2-9(16)6-11(12)14(20)15(19)21/h2-6H,7-8H2,1H3/p+1. The molecule has 2 aromatic rings. The summed E-state index contributed by atoms with van der Waals surface area (Å²) in [6, 6.07) is 8.78. The Morgan fingerprint density at radius 3 is 2.64 bits per heavy atom. The van der Waals surface area contributed by atoms with E-state index in [4.69, 9.17) is 23.2 Å². The zero-order chi connectivity index (χ0) is 15.9. The Labute approximate surface area is 141 Å². The van der Waals surface area contributed by atoms with Gasteiger partial charge in [-0.05, 0) is 30.3 Å². The Morgan fingerprint density at radius 1 is 1.18 bits per heavy atom. The number of quaternary nitrogens is 1. The molecule has 1 unspecified atom stereocenters. The predicted molar refractivity (Wildman–Crippen MR) is 88.1 cm³/mol. The fourth-order valence-electron chi connectivity index (χ4n) is 2.50. The second-order valence-electron chi connectivity index (χ2n) is 5.22. The van der Waals surface area contributed by atoms with Crippen LogP contribution in [0.3, 0.4) is 0 Å². The summed E-state index contributed by atoms with van der Waals surface area (Å²) in [7, 11) is 1.97. The van der Waals surface area contributed by atoms with Crippen LogP contribution >= 0.6 is 34.5 Å². The molecule has 0 radical (unpaired) electrons. The van der Waals surface area contributed by atoms with Crippen LogP contribution in [0.2, 0.25) is 9.36 Å². The molecular formula is C15H13Cl2N2O2S+. The van der Waals surface area contributed by atoms with E-state index in [-0.39, 0.29) is 0 Å². The number of ketones is 1. The van der Waals surface area contributed by atoms with E-state index in [1.807, 2.05) is 19.2 Å². The van der Waals surface area contributed by atoms with Crippen molar-refractivity contribution >= 4 is 51.9 Å². The minimum absolute atomic E-state index is 0.379. The summed E-state index contributed by atoms with van der Waals surface area (Å²) < 4.78 is 0.746. The molecule has 1 atom stereocenters. The van der Waals surface area contributed by atoms with E-state index < -0.39 is 11.7 Å². The van der Waals surface area contributed by atoms with Crippen LogP contribution in [-0.2, 0) is 11.3 Å². The van der Waals surface area contributed by atoms with E-state index >= 15 is 0 Å².